The van der Waals surface area contributed by atoms with Crippen LogP contribution in [0, 0.1) is 5.92 Å². The minimum atomic E-state index is -0.667. The second-order valence-corrected chi connectivity index (χ2v) is 2.83. The summed E-state index contributed by atoms with van der Waals surface area (Å²) in [6.45, 7) is 2.89. The third-order valence-electron chi connectivity index (χ3n) is 2.08. The molecular formula is C7H13NO2. The van der Waals surface area contributed by atoms with Crippen molar-refractivity contribution in [1.82, 2.24) is 5.32 Å². The molecule has 1 fully saturated rings. The molecule has 10 heavy (non-hydrogen) atoms. The Morgan fingerprint density at radius 2 is 2.40 bits per heavy atom. The summed E-state index contributed by atoms with van der Waals surface area (Å²) in [6, 6.07) is 0.145. The normalized spacial score (nSPS) is 33.7. The van der Waals surface area contributed by atoms with Crippen molar-refractivity contribution >= 4 is 5.97 Å². The maximum atomic E-state index is 10.5. The number of rotatable bonds is 1. The highest BCUT2D eigenvalue weighted by Crippen LogP contribution is 2.15. The fourth-order valence-corrected chi connectivity index (χ4v) is 1.38. The van der Waals surface area contributed by atoms with Crippen molar-refractivity contribution in [2.24, 2.45) is 5.92 Å². The molecule has 0 aromatic heterocycles. The molecule has 0 radical (unpaired) electrons. The van der Waals surface area contributed by atoms with Crippen LogP contribution in [0.2, 0.25) is 0 Å². The highest BCUT2D eigenvalue weighted by molar-refractivity contribution is 5.70. The van der Waals surface area contributed by atoms with Gasteiger partial charge in [-0.2, -0.15) is 0 Å². The summed E-state index contributed by atoms with van der Waals surface area (Å²) in [4.78, 5) is 10.5. The average molecular weight is 143 g/mol. The molecule has 0 aliphatic carbocycles. The van der Waals surface area contributed by atoms with Gasteiger partial charge in [0.05, 0.1) is 5.92 Å². The van der Waals surface area contributed by atoms with Gasteiger partial charge in [0.15, 0.2) is 0 Å². The molecule has 58 valence electrons. The molecule has 0 aromatic rings. The Balaban J connectivity index is 2.47. The summed E-state index contributed by atoms with van der Waals surface area (Å²) in [6.07, 6.45) is 1.81. The highest BCUT2D eigenvalue weighted by atomic mass is 16.4. The van der Waals surface area contributed by atoms with Gasteiger partial charge < -0.3 is 10.4 Å². The number of carboxylic acid groups (broad SMARTS) is 1. The summed E-state index contributed by atoms with van der Waals surface area (Å²) in [7, 11) is 0. The molecule has 2 N–H and O–H groups in total. The Morgan fingerprint density at radius 1 is 1.70 bits per heavy atom. The summed E-state index contributed by atoms with van der Waals surface area (Å²) in [5, 5.41) is 11.8. The molecule has 1 saturated heterocycles. The number of nitrogens with one attached hydrogen (secondary N) is 1. The minimum absolute atomic E-state index is 0.145. The molecule has 3 heteroatoms. The first-order valence-corrected chi connectivity index (χ1v) is 3.68. The number of piperidine rings is 1. The lowest BCUT2D eigenvalue weighted by Gasteiger charge is -2.26. The summed E-state index contributed by atoms with van der Waals surface area (Å²) < 4.78 is 0. The van der Waals surface area contributed by atoms with E-state index < -0.39 is 5.97 Å². The van der Waals surface area contributed by atoms with E-state index in [0.29, 0.717) is 0 Å². The van der Waals surface area contributed by atoms with Crippen LogP contribution in [0.4, 0.5) is 0 Å². The Hall–Kier alpha value is -0.570. The fourth-order valence-electron chi connectivity index (χ4n) is 1.38. The second-order valence-electron chi connectivity index (χ2n) is 2.83. The van der Waals surface area contributed by atoms with E-state index in [2.05, 4.69) is 5.32 Å². The molecule has 0 amide bonds. The maximum absolute atomic E-state index is 10.5. The van der Waals surface area contributed by atoms with Gasteiger partial charge in [-0.25, -0.2) is 0 Å². The lowest BCUT2D eigenvalue weighted by molar-refractivity contribution is -0.143. The van der Waals surface area contributed by atoms with E-state index in [-0.39, 0.29) is 12.0 Å². The first kappa shape index (κ1) is 7.54. The summed E-state index contributed by atoms with van der Waals surface area (Å²) >= 11 is 0. The van der Waals surface area contributed by atoms with Crippen LogP contribution in [0.15, 0.2) is 0 Å². The topological polar surface area (TPSA) is 49.3 Å². The van der Waals surface area contributed by atoms with E-state index in [1.165, 1.54) is 0 Å². The first-order valence-electron chi connectivity index (χ1n) is 3.68. The molecule has 1 aliphatic rings. The zero-order chi connectivity index (χ0) is 7.56. The predicted octanol–water partition coefficient (Wildman–Crippen LogP) is 0.459. The summed E-state index contributed by atoms with van der Waals surface area (Å²) in [5.74, 6) is -0.839. The van der Waals surface area contributed by atoms with E-state index >= 15 is 0 Å². The predicted molar refractivity (Wildman–Crippen MR) is 37.8 cm³/mol. The minimum Gasteiger partial charge on any atom is -0.481 e. The third kappa shape index (κ3) is 1.48. The van der Waals surface area contributed by atoms with E-state index in [4.69, 9.17) is 5.11 Å². The maximum Gasteiger partial charge on any atom is 0.308 e. The Labute approximate surface area is 60.4 Å². The molecule has 2 atom stereocenters. The van der Waals surface area contributed by atoms with Crippen LogP contribution in [-0.4, -0.2) is 23.7 Å². The van der Waals surface area contributed by atoms with Crippen molar-refractivity contribution in [3.05, 3.63) is 0 Å². The lowest BCUT2D eigenvalue weighted by Crippen LogP contribution is -2.42. The van der Waals surface area contributed by atoms with Crippen molar-refractivity contribution < 1.29 is 9.90 Å². The van der Waals surface area contributed by atoms with Crippen LogP contribution in [0.3, 0.4) is 0 Å². The standard InChI is InChI=1S/C7H13NO2/c1-5-6(7(9)10)3-2-4-8-5/h5-6,8H,2-4H2,1H3,(H,9,10)/t5-,6+/m0/s1. The molecule has 1 heterocycles. The van der Waals surface area contributed by atoms with Gasteiger partial charge in [0.25, 0.3) is 0 Å². The molecule has 1 rings (SSSR count). The molecule has 0 bridgehead atoms. The Bertz CT molecular complexity index is 136. The Kier molecular flexibility index (Phi) is 2.27. The molecule has 0 spiro atoms. The first-order chi connectivity index (χ1) is 4.72. The van der Waals surface area contributed by atoms with Gasteiger partial charge >= 0.3 is 5.97 Å². The van der Waals surface area contributed by atoms with Crippen molar-refractivity contribution in [3.8, 4) is 0 Å². The van der Waals surface area contributed by atoms with Crippen molar-refractivity contribution in [1.29, 1.82) is 0 Å². The average Bonchev–Trinajstić information content (AvgIpc) is 1.88. The molecule has 0 aromatic carbocycles. The second kappa shape index (κ2) is 3.01. The van der Waals surface area contributed by atoms with Crippen LogP contribution in [-0.2, 0) is 4.79 Å². The largest absolute Gasteiger partial charge is 0.481 e. The van der Waals surface area contributed by atoms with Gasteiger partial charge in [0.2, 0.25) is 0 Å². The highest BCUT2D eigenvalue weighted by Gasteiger charge is 2.26. The number of carboxylic acids is 1. The lowest BCUT2D eigenvalue weighted by atomic mass is 9.92. The van der Waals surface area contributed by atoms with Crippen LogP contribution in [0.25, 0.3) is 0 Å². The molecular weight excluding hydrogens is 130 g/mol. The van der Waals surface area contributed by atoms with Gasteiger partial charge in [-0.05, 0) is 26.3 Å². The molecule has 0 unspecified atom stereocenters. The van der Waals surface area contributed by atoms with E-state index in [1.807, 2.05) is 6.92 Å². The number of carbonyl (C=O) groups is 1. The molecule has 3 nitrogen and oxygen atoms in total. The monoisotopic (exact) mass is 143 g/mol. The smallest absolute Gasteiger partial charge is 0.308 e. The number of hydrogen-bond donors (Lipinski definition) is 2. The van der Waals surface area contributed by atoms with E-state index in [0.717, 1.165) is 19.4 Å². The quantitative estimate of drug-likeness (QED) is 0.560. The van der Waals surface area contributed by atoms with Gasteiger partial charge in [0, 0.05) is 6.04 Å². The van der Waals surface area contributed by atoms with Crippen molar-refractivity contribution in [2.45, 2.75) is 25.8 Å². The SMILES string of the molecule is C[C@@H]1NCCC[C@H]1C(=O)O. The van der Waals surface area contributed by atoms with Crippen LogP contribution < -0.4 is 5.32 Å². The zero-order valence-corrected chi connectivity index (χ0v) is 6.13. The fraction of sp³-hybridized carbons (Fsp3) is 0.857. The van der Waals surface area contributed by atoms with Crippen LogP contribution in [0.5, 0.6) is 0 Å². The number of aliphatic carboxylic acids is 1. The van der Waals surface area contributed by atoms with E-state index in [1.54, 1.807) is 0 Å². The Morgan fingerprint density at radius 3 is 2.80 bits per heavy atom. The van der Waals surface area contributed by atoms with Gasteiger partial charge in [0.1, 0.15) is 0 Å². The van der Waals surface area contributed by atoms with Crippen molar-refractivity contribution in [2.75, 3.05) is 6.54 Å². The van der Waals surface area contributed by atoms with Gasteiger partial charge in [-0.3, -0.25) is 4.79 Å². The van der Waals surface area contributed by atoms with E-state index in [9.17, 15) is 4.79 Å². The number of hydrogen-bond acceptors (Lipinski definition) is 2. The van der Waals surface area contributed by atoms with Gasteiger partial charge in [-0.15, -0.1) is 0 Å². The van der Waals surface area contributed by atoms with Gasteiger partial charge in [-0.1, -0.05) is 0 Å². The third-order valence-corrected chi connectivity index (χ3v) is 2.08. The zero-order valence-electron chi connectivity index (χ0n) is 6.13. The van der Waals surface area contributed by atoms with Crippen molar-refractivity contribution in [3.63, 3.8) is 0 Å². The molecule has 0 saturated carbocycles. The van der Waals surface area contributed by atoms with Crippen LogP contribution in [0.1, 0.15) is 19.8 Å². The molecule has 1 aliphatic heterocycles. The van der Waals surface area contributed by atoms with Crippen LogP contribution >= 0.6 is 0 Å². The summed E-state index contributed by atoms with van der Waals surface area (Å²) in [5.41, 5.74) is 0.